The molecule has 6 rings (SSSR count). The number of benzene rings is 2. The summed E-state index contributed by atoms with van der Waals surface area (Å²) < 4.78 is 5.48. The van der Waals surface area contributed by atoms with Crippen molar-refractivity contribution in [3.05, 3.63) is 71.3 Å². The molecule has 2 atom stereocenters. The average Bonchev–Trinajstić information content (AvgIpc) is 2.85. The van der Waals surface area contributed by atoms with Crippen LogP contribution in [0.2, 0.25) is 0 Å². The molecule has 4 nitrogen and oxygen atoms in total. The zero-order chi connectivity index (χ0) is 21.1. The fourth-order valence-corrected chi connectivity index (χ4v) is 6.01. The Bertz CT molecular complexity index is 850. The lowest BCUT2D eigenvalue weighted by molar-refractivity contribution is -0.106. The monoisotopic (exact) mass is 422 g/mol. The number of morpholine rings is 1. The van der Waals surface area contributed by atoms with Crippen LogP contribution in [0.4, 0.5) is 0 Å². The van der Waals surface area contributed by atoms with Crippen molar-refractivity contribution in [2.45, 2.75) is 37.8 Å². The van der Waals surface area contributed by atoms with Crippen LogP contribution in [0.25, 0.3) is 0 Å². The van der Waals surface area contributed by atoms with E-state index in [1.54, 1.807) is 0 Å². The molecular formula is C27H38N2O2. The molecule has 2 aromatic carbocycles. The van der Waals surface area contributed by atoms with Crippen molar-refractivity contribution in [2.75, 3.05) is 45.9 Å². The Morgan fingerprint density at radius 1 is 0.935 bits per heavy atom. The predicted octanol–water partition coefficient (Wildman–Crippen LogP) is 3.93. The molecule has 31 heavy (non-hydrogen) atoms. The number of piperidine rings is 3. The normalized spacial score (nSPS) is 28.4. The van der Waals surface area contributed by atoms with Gasteiger partial charge >= 0.3 is 0 Å². The number of rotatable bonds is 7. The summed E-state index contributed by atoms with van der Waals surface area (Å²) in [6.07, 6.45) is 4.16. The van der Waals surface area contributed by atoms with Crippen LogP contribution in [0.3, 0.4) is 0 Å². The third-order valence-corrected chi connectivity index (χ3v) is 7.84. The van der Waals surface area contributed by atoms with Crippen LogP contribution >= 0.6 is 0 Å². The van der Waals surface area contributed by atoms with E-state index < -0.39 is 5.60 Å². The summed E-state index contributed by atoms with van der Waals surface area (Å²) in [6.45, 7) is 8.13. The third-order valence-electron chi connectivity index (χ3n) is 7.84. The Balaban J connectivity index is 0.00000245. The molecule has 2 unspecified atom stereocenters. The summed E-state index contributed by atoms with van der Waals surface area (Å²) in [6, 6.07) is 19.4. The fourth-order valence-electron chi connectivity index (χ4n) is 6.01. The van der Waals surface area contributed by atoms with Crippen molar-refractivity contribution < 1.29 is 11.3 Å². The maximum Gasteiger partial charge on any atom is 0.0942 e. The summed E-state index contributed by atoms with van der Waals surface area (Å²) in [5, 5.41) is 12.2. The van der Waals surface area contributed by atoms with Gasteiger partial charge < -0.3 is 14.7 Å². The van der Waals surface area contributed by atoms with Crippen LogP contribution in [0.15, 0.2) is 54.6 Å². The Morgan fingerprint density at radius 2 is 1.68 bits per heavy atom. The van der Waals surface area contributed by atoms with Crippen LogP contribution in [0.1, 0.15) is 37.4 Å². The van der Waals surface area contributed by atoms with E-state index in [4.69, 9.17) is 4.74 Å². The molecule has 4 aliphatic rings. The van der Waals surface area contributed by atoms with Gasteiger partial charge in [-0.15, -0.1) is 0 Å². The summed E-state index contributed by atoms with van der Waals surface area (Å²) >= 11 is 0. The Kier molecular flexibility index (Phi) is 6.42. The maximum atomic E-state index is 12.2. The van der Waals surface area contributed by atoms with Crippen molar-refractivity contribution in [1.29, 1.82) is 0 Å². The molecule has 168 valence electrons. The van der Waals surface area contributed by atoms with Crippen molar-refractivity contribution in [3.63, 3.8) is 0 Å². The smallest absolute Gasteiger partial charge is 0.0942 e. The molecule has 1 N–H and O–H groups in total. The molecule has 4 heteroatoms. The minimum atomic E-state index is -0.759. The minimum absolute atomic E-state index is 0. The van der Waals surface area contributed by atoms with E-state index in [0.29, 0.717) is 11.8 Å². The number of hydrogen-bond donors (Lipinski definition) is 1. The number of ether oxygens (including phenoxy) is 1. The molecule has 0 aliphatic carbocycles. The molecule has 0 saturated carbocycles. The van der Waals surface area contributed by atoms with Crippen LogP contribution in [0.5, 0.6) is 0 Å². The first-order chi connectivity index (χ1) is 15.2. The highest BCUT2D eigenvalue weighted by molar-refractivity contribution is 5.27. The highest BCUT2D eigenvalue weighted by atomic mass is 16.5. The van der Waals surface area contributed by atoms with Gasteiger partial charge in [0.1, 0.15) is 0 Å². The van der Waals surface area contributed by atoms with Crippen LogP contribution < -0.4 is 0 Å². The Labute approximate surface area is 188 Å². The van der Waals surface area contributed by atoms with Crippen molar-refractivity contribution in [3.8, 4) is 0 Å². The standard InChI is InChI=1S/C27H36N2O2.H2/c30-27(25-7-2-1-3-8-25,26-21-28-13-10-24(26)11-14-28)12-9-22-5-4-6-23(19-22)20-29-15-17-31-18-16-29;/h1-8,19,24,26,30H,9-18,20-21H2;1H. The highest BCUT2D eigenvalue weighted by Crippen LogP contribution is 2.45. The van der Waals surface area contributed by atoms with E-state index in [2.05, 4.69) is 64.4 Å². The number of nitrogens with zero attached hydrogens (tertiary/aromatic N) is 2. The number of aryl methyl sites for hydroxylation is 1. The maximum absolute atomic E-state index is 12.2. The van der Waals surface area contributed by atoms with E-state index >= 15 is 0 Å². The molecule has 2 aromatic rings. The molecule has 4 fully saturated rings. The number of aliphatic hydroxyl groups is 1. The molecule has 2 bridgehead atoms. The van der Waals surface area contributed by atoms with E-state index in [1.165, 1.54) is 37.1 Å². The lowest BCUT2D eigenvalue weighted by Gasteiger charge is -2.51. The first kappa shape index (κ1) is 21.1. The molecule has 0 spiro atoms. The zero-order valence-electron chi connectivity index (χ0n) is 18.6. The van der Waals surface area contributed by atoms with Gasteiger partial charge in [0.05, 0.1) is 18.8 Å². The van der Waals surface area contributed by atoms with Gasteiger partial charge in [0.25, 0.3) is 0 Å². The van der Waals surface area contributed by atoms with E-state index in [-0.39, 0.29) is 1.43 Å². The summed E-state index contributed by atoms with van der Waals surface area (Å²) in [5.41, 5.74) is 3.04. The second-order valence-corrected chi connectivity index (χ2v) is 9.74. The molecule has 0 amide bonds. The quantitative estimate of drug-likeness (QED) is 0.734. The second kappa shape index (κ2) is 9.41. The van der Waals surface area contributed by atoms with Crippen LogP contribution in [-0.4, -0.2) is 60.8 Å². The van der Waals surface area contributed by atoms with Crippen molar-refractivity contribution in [2.24, 2.45) is 11.8 Å². The summed E-state index contributed by atoms with van der Waals surface area (Å²) in [4.78, 5) is 5.03. The minimum Gasteiger partial charge on any atom is -0.385 e. The molecule has 0 radical (unpaired) electrons. The fraction of sp³-hybridized carbons (Fsp3) is 0.556. The first-order valence-corrected chi connectivity index (χ1v) is 12.1. The van der Waals surface area contributed by atoms with Gasteiger partial charge in [-0.1, -0.05) is 54.6 Å². The van der Waals surface area contributed by atoms with Gasteiger partial charge in [0.2, 0.25) is 0 Å². The third kappa shape index (κ3) is 4.73. The molecule has 4 saturated heterocycles. The first-order valence-electron chi connectivity index (χ1n) is 12.1. The molecule has 4 aliphatic heterocycles. The second-order valence-electron chi connectivity index (χ2n) is 9.74. The van der Waals surface area contributed by atoms with Crippen molar-refractivity contribution in [1.82, 2.24) is 9.80 Å². The van der Waals surface area contributed by atoms with E-state index in [9.17, 15) is 5.11 Å². The van der Waals surface area contributed by atoms with Gasteiger partial charge in [-0.05, 0) is 61.4 Å². The van der Waals surface area contributed by atoms with E-state index in [0.717, 1.165) is 57.8 Å². The highest BCUT2D eigenvalue weighted by Gasteiger charge is 2.47. The molecular weight excluding hydrogens is 384 g/mol. The summed E-state index contributed by atoms with van der Waals surface area (Å²) in [7, 11) is 0. The zero-order valence-corrected chi connectivity index (χ0v) is 18.6. The van der Waals surface area contributed by atoms with E-state index in [1.807, 2.05) is 0 Å². The average molecular weight is 423 g/mol. The van der Waals surface area contributed by atoms with Gasteiger partial charge in [0.15, 0.2) is 0 Å². The molecule has 4 heterocycles. The lowest BCUT2D eigenvalue weighted by Crippen LogP contribution is -2.55. The largest absolute Gasteiger partial charge is 0.385 e. The number of fused-ring (bicyclic) bond motifs is 3. The van der Waals surface area contributed by atoms with Crippen LogP contribution in [0, 0.1) is 11.8 Å². The SMILES string of the molecule is OC(CCc1cccc(CN2CCOCC2)c1)(c1ccccc1)C1CN2CCC1CC2.[HH]. The lowest BCUT2D eigenvalue weighted by atomic mass is 9.66. The van der Waals surface area contributed by atoms with Gasteiger partial charge in [-0.25, -0.2) is 0 Å². The Morgan fingerprint density at radius 3 is 2.39 bits per heavy atom. The van der Waals surface area contributed by atoms with Crippen molar-refractivity contribution >= 4 is 0 Å². The Hall–Kier alpha value is -1.72. The summed E-state index contributed by atoms with van der Waals surface area (Å²) in [5.74, 6) is 0.969. The van der Waals surface area contributed by atoms with Gasteiger partial charge in [-0.3, -0.25) is 4.90 Å². The number of hydrogen-bond acceptors (Lipinski definition) is 4. The van der Waals surface area contributed by atoms with Gasteiger partial charge in [0, 0.05) is 33.5 Å². The van der Waals surface area contributed by atoms with Crippen LogP contribution in [-0.2, 0) is 23.3 Å². The predicted molar refractivity (Wildman–Crippen MR) is 126 cm³/mol. The molecule has 0 aromatic heterocycles. The van der Waals surface area contributed by atoms with Gasteiger partial charge in [-0.2, -0.15) is 0 Å². The topological polar surface area (TPSA) is 35.9 Å².